The lowest BCUT2D eigenvalue weighted by Gasteiger charge is -1.83. The van der Waals surface area contributed by atoms with E-state index >= 15 is 0 Å². The monoisotopic (exact) mass is 98.0 g/mol. The van der Waals surface area contributed by atoms with Crippen LogP contribution in [0.4, 0.5) is 0 Å². The summed E-state index contributed by atoms with van der Waals surface area (Å²) in [4.78, 5) is 3.52. The van der Waals surface area contributed by atoms with Crippen molar-refractivity contribution in [2.75, 3.05) is 7.11 Å². The third-order valence-corrected chi connectivity index (χ3v) is 0.543. The fourth-order valence-corrected chi connectivity index (χ4v) is 0.276. The maximum Gasteiger partial charge on any atom is 0.393 e. The standard InChI is InChI=1S/C4H4NO2/c1-6-4-5-2-3-7-4/h3H,1H3. The molecule has 0 aliphatic rings. The first-order valence-electron chi connectivity index (χ1n) is 1.79. The van der Waals surface area contributed by atoms with Crippen molar-refractivity contribution in [2.45, 2.75) is 0 Å². The van der Waals surface area contributed by atoms with Crippen molar-refractivity contribution >= 4 is 0 Å². The molecule has 3 nitrogen and oxygen atoms in total. The quantitative estimate of drug-likeness (QED) is 0.512. The molecule has 0 atom stereocenters. The first kappa shape index (κ1) is 4.18. The van der Waals surface area contributed by atoms with Gasteiger partial charge < -0.3 is 9.15 Å². The third-order valence-electron chi connectivity index (χ3n) is 0.543. The summed E-state index contributed by atoms with van der Waals surface area (Å²) in [5.41, 5.74) is 0. The van der Waals surface area contributed by atoms with Crippen LogP contribution in [0.1, 0.15) is 0 Å². The second-order valence-corrected chi connectivity index (χ2v) is 0.947. The van der Waals surface area contributed by atoms with Gasteiger partial charge in [-0.15, -0.1) is 0 Å². The lowest BCUT2D eigenvalue weighted by Crippen LogP contribution is -1.78. The summed E-state index contributed by atoms with van der Waals surface area (Å²) in [5, 5.41) is 0. The van der Waals surface area contributed by atoms with Gasteiger partial charge in [0.1, 0.15) is 12.5 Å². The lowest BCUT2D eigenvalue weighted by atomic mass is 11.0. The molecule has 0 fully saturated rings. The fraction of sp³-hybridized carbons (Fsp3) is 0.250. The Morgan fingerprint density at radius 2 is 2.86 bits per heavy atom. The Labute approximate surface area is 40.9 Å². The van der Waals surface area contributed by atoms with E-state index in [4.69, 9.17) is 0 Å². The van der Waals surface area contributed by atoms with E-state index in [1.807, 2.05) is 0 Å². The molecule has 0 aromatic carbocycles. The number of oxazole rings is 1. The number of rotatable bonds is 1. The zero-order chi connectivity index (χ0) is 5.11. The van der Waals surface area contributed by atoms with Crippen LogP contribution in [0.2, 0.25) is 0 Å². The topological polar surface area (TPSA) is 35.3 Å². The van der Waals surface area contributed by atoms with E-state index in [0.29, 0.717) is 0 Å². The van der Waals surface area contributed by atoms with Crippen molar-refractivity contribution in [1.29, 1.82) is 0 Å². The summed E-state index contributed by atoms with van der Waals surface area (Å²) < 4.78 is 9.14. The summed E-state index contributed by atoms with van der Waals surface area (Å²) in [6.07, 6.45) is 4.02. The molecule has 7 heavy (non-hydrogen) atoms. The Bertz CT molecular complexity index is 124. The van der Waals surface area contributed by atoms with Crippen LogP contribution in [0.25, 0.3) is 0 Å². The van der Waals surface area contributed by atoms with Crippen LogP contribution in [0.15, 0.2) is 10.7 Å². The SMILES string of the molecule is COc1n[c]co1. The molecule has 0 aliphatic carbocycles. The van der Waals surface area contributed by atoms with Gasteiger partial charge in [-0.2, -0.15) is 4.98 Å². The summed E-state index contributed by atoms with van der Waals surface area (Å²) >= 11 is 0. The minimum Gasteiger partial charge on any atom is -0.454 e. The van der Waals surface area contributed by atoms with Crippen LogP contribution in [-0.2, 0) is 0 Å². The average Bonchev–Trinajstić information content (AvgIpc) is 2.14. The molecule has 0 amide bonds. The molecule has 0 saturated heterocycles. The molecule has 3 heteroatoms. The van der Waals surface area contributed by atoms with Gasteiger partial charge in [0, 0.05) is 0 Å². The van der Waals surface area contributed by atoms with Crippen molar-refractivity contribution in [3.63, 3.8) is 0 Å². The number of ether oxygens (including phenoxy) is 1. The first-order valence-corrected chi connectivity index (χ1v) is 1.79. The molecule has 0 saturated carbocycles. The molecule has 0 bridgehead atoms. The molecule has 0 aliphatic heterocycles. The Morgan fingerprint density at radius 3 is 3.14 bits per heavy atom. The van der Waals surface area contributed by atoms with Gasteiger partial charge in [-0.3, -0.25) is 0 Å². The summed E-state index contributed by atoms with van der Waals surface area (Å²) in [5.74, 6) is 0. The Balaban J connectivity index is 2.76. The first-order chi connectivity index (χ1) is 3.43. The van der Waals surface area contributed by atoms with Crippen LogP contribution < -0.4 is 4.74 Å². The maximum atomic E-state index is 4.59. The van der Waals surface area contributed by atoms with Gasteiger partial charge >= 0.3 is 6.08 Å². The van der Waals surface area contributed by atoms with Crippen molar-refractivity contribution in [2.24, 2.45) is 0 Å². The van der Waals surface area contributed by atoms with Crippen LogP contribution in [0.3, 0.4) is 0 Å². The summed E-state index contributed by atoms with van der Waals surface area (Å²) in [7, 11) is 1.49. The van der Waals surface area contributed by atoms with Crippen LogP contribution in [0, 0.1) is 6.20 Å². The summed E-state index contributed by atoms with van der Waals surface area (Å²) in [6, 6.07) is 0. The number of aromatic nitrogens is 1. The van der Waals surface area contributed by atoms with E-state index in [9.17, 15) is 0 Å². The highest BCUT2D eigenvalue weighted by Crippen LogP contribution is 2.00. The van der Waals surface area contributed by atoms with E-state index < -0.39 is 0 Å². The molecule has 0 unspecified atom stereocenters. The molecule has 1 aromatic rings. The van der Waals surface area contributed by atoms with Crippen molar-refractivity contribution in [3.8, 4) is 6.08 Å². The molecule has 1 aromatic heterocycles. The van der Waals surface area contributed by atoms with Gasteiger partial charge in [0.2, 0.25) is 0 Å². The molecule has 0 N–H and O–H groups in total. The van der Waals surface area contributed by atoms with E-state index in [1.165, 1.54) is 13.4 Å². The number of methoxy groups -OCH3 is 1. The van der Waals surface area contributed by atoms with Gasteiger partial charge in [0.25, 0.3) is 0 Å². The Kier molecular flexibility index (Phi) is 0.978. The molecular formula is C4H4NO2. The second-order valence-electron chi connectivity index (χ2n) is 0.947. The van der Waals surface area contributed by atoms with Crippen LogP contribution >= 0.6 is 0 Å². The summed E-state index contributed by atoms with van der Waals surface area (Å²) in [6.45, 7) is 0. The van der Waals surface area contributed by atoms with E-state index in [0.717, 1.165) is 0 Å². The van der Waals surface area contributed by atoms with E-state index in [2.05, 4.69) is 20.3 Å². The minimum absolute atomic E-state index is 0.250. The van der Waals surface area contributed by atoms with Gasteiger partial charge in [0.15, 0.2) is 0 Å². The van der Waals surface area contributed by atoms with Gasteiger partial charge in [-0.05, 0) is 0 Å². The maximum absolute atomic E-state index is 4.59. The van der Waals surface area contributed by atoms with Crippen LogP contribution in [-0.4, -0.2) is 12.1 Å². The van der Waals surface area contributed by atoms with Gasteiger partial charge in [-0.25, -0.2) is 0 Å². The van der Waals surface area contributed by atoms with Crippen LogP contribution in [0.5, 0.6) is 6.08 Å². The van der Waals surface area contributed by atoms with E-state index in [1.54, 1.807) is 0 Å². The highest BCUT2D eigenvalue weighted by molar-refractivity contribution is 4.81. The van der Waals surface area contributed by atoms with E-state index in [-0.39, 0.29) is 6.08 Å². The predicted octanol–water partition coefficient (Wildman–Crippen LogP) is 0.483. The second kappa shape index (κ2) is 1.64. The molecule has 1 rings (SSSR count). The number of hydrogen-bond acceptors (Lipinski definition) is 3. The zero-order valence-electron chi connectivity index (χ0n) is 3.84. The molecule has 37 valence electrons. The minimum atomic E-state index is 0.250. The van der Waals surface area contributed by atoms with Gasteiger partial charge in [0.05, 0.1) is 7.11 Å². The smallest absolute Gasteiger partial charge is 0.393 e. The molecule has 0 spiro atoms. The lowest BCUT2D eigenvalue weighted by molar-refractivity contribution is 0.290. The average molecular weight is 98.1 g/mol. The molecule has 1 radical (unpaired) electrons. The molecule has 1 heterocycles. The normalized spacial score (nSPS) is 8.71. The highest BCUT2D eigenvalue weighted by atomic mass is 16.6. The van der Waals surface area contributed by atoms with Crippen molar-refractivity contribution in [3.05, 3.63) is 12.5 Å². The van der Waals surface area contributed by atoms with Crippen molar-refractivity contribution < 1.29 is 9.15 Å². The number of nitrogens with zero attached hydrogens (tertiary/aromatic N) is 1. The largest absolute Gasteiger partial charge is 0.454 e. The fourth-order valence-electron chi connectivity index (χ4n) is 0.276. The zero-order valence-corrected chi connectivity index (χ0v) is 3.84. The Hall–Kier alpha value is -0.990. The van der Waals surface area contributed by atoms with Crippen molar-refractivity contribution in [1.82, 2.24) is 4.98 Å². The molecular weight excluding hydrogens is 94.0 g/mol. The predicted molar refractivity (Wildman–Crippen MR) is 21.9 cm³/mol. The Morgan fingerprint density at radius 1 is 2.00 bits per heavy atom. The number of hydrogen-bond donors (Lipinski definition) is 0. The highest BCUT2D eigenvalue weighted by Gasteiger charge is 1.88. The van der Waals surface area contributed by atoms with Gasteiger partial charge in [-0.1, -0.05) is 0 Å². The third kappa shape index (κ3) is 0.707.